The minimum atomic E-state index is 0.154. The lowest BCUT2D eigenvalue weighted by Gasteiger charge is -2.38. The molecule has 3 fully saturated rings. The van der Waals surface area contributed by atoms with Crippen LogP contribution in [0.25, 0.3) is 0 Å². The lowest BCUT2D eigenvalue weighted by molar-refractivity contribution is -0.136. The van der Waals surface area contributed by atoms with E-state index in [-0.39, 0.29) is 18.6 Å². The van der Waals surface area contributed by atoms with Gasteiger partial charge in [0.15, 0.2) is 0 Å². The molecule has 2 aliphatic heterocycles. The first-order valence-corrected chi connectivity index (χ1v) is 11.0. The zero-order valence-electron chi connectivity index (χ0n) is 16.8. The standard InChI is InChI=1S/C21H33N5O2/c27-15-18-8-4-5-9-26(18)20-14-19(22-16-23-20)24-10-12-25(13-11-24)21(28)17-6-2-1-3-7-17/h14,16-18,27H,1-13,15H2. The molecular formula is C21H33N5O2. The Bertz CT molecular complexity index is 656. The average molecular weight is 388 g/mol. The van der Waals surface area contributed by atoms with Gasteiger partial charge in [0.1, 0.15) is 18.0 Å². The van der Waals surface area contributed by atoms with Gasteiger partial charge >= 0.3 is 0 Å². The predicted octanol–water partition coefficient (Wildman–Crippen LogP) is 2.06. The van der Waals surface area contributed by atoms with Crippen LogP contribution in [0.3, 0.4) is 0 Å². The van der Waals surface area contributed by atoms with Crippen LogP contribution in [-0.2, 0) is 4.79 Å². The van der Waals surface area contributed by atoms with E-state index in [1.165, 1.54) is 19.3 Å². The van der Waals surface area contributed by atoms with Crippen molar-refractivity contribution in [2.24, 2.45) is 5.92 Å². The fourth-order valence-corrected chi connectivity index (χ4v) is 4.92. The molecular weight excluding hydrogens is 354 g/mol. The van der Waals surface area contributed by atoms with Gasteiger partial charge < -0.3 is 19.8 Å². The molecule has 3 heterocycles. The molecule has 7 heteroatoms. The summed E-state index contributed by atoms with van der Waals surface area (Å²) in [6.45, 7) is 4.29. The molecule has 0 radical (unpaired) electrons. The highest BCUT2D eigenvalue weighted by Crippen LogP contribution is 2.28. The smallest absolute Gasteiger partial charge is 0.225 e. The van der Waals surface area contributed by atoms with E-state index in [0.717, 1.165) is 76.5 Å². The molecule has 1 saturated carbocycles. The Balaban J connectivity index is 1.37. The van der Waals surface area contributed by atoms with Gasteiger partial charge in [0, 0.05) is 44.7 Å². The van der Waals surface area contributed by atoms with E-state index in [2.05, 4.69) is 24.7 Å². The molecule has 28 heavy (non-hydrogen) atoms. The Hall–Kier alpha value is -1.89. The number of carbonyl (C=O) groups is 1. The van der Waals surface area contributed by atoms with Crippen LogP contribution < -0.4 is 9.80 Å². The number of carbonyl (C=O) groups excluding carboxylic acids is 1. The molecule has 0 aromatic carbocycles. The Morgan fingerprint density at radius 2 is 1.64 bits per heavy atom. The van der Waals surface area contributed by atoms with Crippen molar-refractivity contribution < 1.29 is 9.90 Å². The molecule has 1 aliphatic carbocycles. The number of rotatable bonds is 4. The van der Waals surface area contributed by atoms with Crippen LogP contribution >= 0.6 is 0 Å². The summed E-state index contributed by atoms with van der Waals surface area (Å²) >= 11 is 0. The fraction of sp³-hybridized carbons (Fsp3) is 0.762. The minimum absolute atomic E-state index is 0.154. The molecule has 3 aliphatic rings. The van der Waals surface area contributed by atoms with Gasteiger partial charge in [0.2, 0.25) is 5.91 Å². The zero-order valence-corrected chi connectivity index (χ0v) is 16.8. The quantitative estimate of drug-likeness (QED) is 0.853. The largest absolute Gasteiger partial charge is 0.394 e. The lowest BCUT2D eigenvalue weighted by Crippen LogP contribution is -2.51. The van der Waals surface area contributed by atoms with E-state index in [1.54, 1.807) is 6.33 Å². The summed E-state index contributed by atoms with van der Waals surface area (Å²) in [4.78, 5) is 28.3. The first-order valence-electron chi connectivity index (χ1n) is 11.0. The van der Waals surface area contributed by atoms with Gasteiger partial charge in [-0.05, 0) is 32.1 Å². The van der Waals surface area contributed by atoms with Gasteiger partial charge in [-0.3, -0.25) is 4.79 Å². The molecule has 0 bridgehead atoms. The topological polar surface area (TPSA) is 72.8 Å². The summed E-state index contributed by atoms with van der Waals surface area (Å²) in [6.07, 6.45) is 10.8. The Labute approximate surface area is 167 Å². The number of amides is 1. The molecule has 154 valence electrons. The average Bonchev–Trinajstić information content (AvgIpc) is 2.79. The first kappa shape index (κ1) is 19.4. The maximum Gasteiger partial charge on any atom is 0.225 e. The van der Waals surface area contributed by atoms with E-state index >= 15 is 0 Å². The number of nitrogens with zero attached hydrogens (tertiary/aromatic N) is 5. The molecule has 1 aromatic heterocycles. The van der Waals surface area contributed by atoms with Gasteiger partial charge in [0.25, 0.3) is 0 Å². The number of aromatic nitrogens is 2. The van der Waals surface area contributed by atoms with E-state index in [4.69, 9.17) is 0 Å². The van der Waals surface area contributed by atoms with Crippen molar-refractivity contribution in [2.75, 3.05) is 49.1 Å². The maximum absolute atomic E-state index is 12.8. The van der Waals surface area contributed by atoms with E-state index in [1.807, 2.05) is 6.07 Å². The van der Waals surface area contributed by atoms with Crippen LogP contribution in [0.15, 0.2) is 12.4 Å². The van der Waals surface area contributed by atoms with Crippen molar-refractivity contribution in [1.29, 1.82) is 0 Å². The molecule has 1 unspecified atom stereocenters. The summed E-state index contributed by atoms with van der Waals surface area (Å²) in [7, 11) is 0. The highest BCUT2D eigenvalue weighted by Gasteiger charge is 2.29. The molecule has 1 aromatic rings. The number of hydrogen-bond acceptors (Lipinski definition) is 6. The van der Waals surface area contributed by atoms with Crippen molar-refractivity contribution in [1.82, 2.24) is 14.9 Å². The maximum atomic E-state index is 12.8. The van der Waals surface area contributed by atoms with Crippen LogP contribution in [0.4, 0.5) is 11.6 Å². The van der Waals surface area contributed by atoms with Gasteiger partial charge in [-0.1, -0.05) is 19.3 Å². The third kappa shape index (κ3) is 4.24. The summed E-state index contributed by atoms with van der Waals surface area (Å²) in [6, 6.07) is 2.20. The number of piperazine rings is 1. The first-order chi connectivity index (χ1) is 13.8. The Morgan fingerprint density at radius 3 is 2.39 bits per heavy atom. The third-order valence-electron chi connectivity index (χ3n) is 6.64. The number of piperidine rings is 1. The van der Waals surface area contributed by atoms with Crippen molar-refractivity contribution in [2.45, 2.75) is 57.4 Å². The normalized spacial score (nSPS) is 24.5. The van der Waals surface area contributed by atoms with Crippen molar-refractivity contribution in [3.05, 3.63) is 12.4 Å². The second-order valence-corrected chi connectivity index (χ2v) is 8.41. The van der Waals surface area contributed by atoms with Gasteiger partial charge in [0.05, 0.1) is 12.6 Å². The molecule has 7 nitrogen and oxygen atoms in total. The summed E-state index contributed by atoms with van der Waals surface area (Å²) in [5.74, 6) is 2.45. The SMILES string of the molecule is O=C(C1CCCCC1)N1CCN(c2cc(N3CCCCC3CO)ncn2)CC1. The van der Waals surface area contributed by atoms with Crippen LogP contribution in [-0.4, -0.2) is 71.3 Å². The highest BCUT2D eigenvalue weighted by atomic mass is 16.3. The molecule has 1 N–H and O–H groups in total. The summed E-state index contributed by atoms with van der Waals surface area (Å²) < 4.78 is 0. The molecule has 4 rings (SSSR count). The number of anilines is 2. The van der Waals surface area contributed by atoms with E-state index < -0.39 is 0 Å². The van der Waals surface area contributed by atoms with Crippen LogP contribution in [0.1, 0.15) is 51.4 Å². The predicted molar refractivity (Wildman–Crippen MR) is 109 cm³/mol. The Morgan fingerprint density at radius 1 is 0.929 bits per heavy atom. The molecule has 0 spiro atoms. The van der Waals surface area contributed by atoms with Crippen LogP contribution in [0.2, 0.25) is 0 Å². The molecule has 1 atom stereocenters. The minimum Gasteiger partial charge on any atom is -0.394 e. The van der Waals surface area contributed by atoms with Crippen LogP contribution in [0, 0.1) is 5.92 Å². The molecule has 1 amide bonds. The number of hydrogen-bond donors (Lipinski definition) is 1. The second-order valence-electron chi connectivity index (χ2n) is 8.41. The van der Waals surface area contributed by atoms with Gasteiger partial charge in [-0.25, -0.2) is 9.97 Å². The van der Waals surface area contributed by atoms with Crippen molar-refractivity contribution in [3.8, 4) is 0 Å². The van der Waals surface area contributed by atoms with Crippen molar-refractivity contribution >= 4 is 17.5 Å². The van der Waals surface area contributed by atoms with Crippen molar-refractivity contribution in [3.63, 3.8) is 0 Å². The zero-order chi connectivity index (χ0) is 19.3. The lowest BCUT2D eigenvalue weighted by atomic mass is 9.88. The third-order valence-corrected chi connectivity index (χ3v) is 6.64. The van der Waals surface area contributed by atoms with Crippen LogP contribution in [0.5, 0.6) is 0 Å². The number of aliphatic hydroxyl groups is 1. The van der Waals surface area contributed by atoms with E-state index in [0.29, 0.717) is 5.91 Å². The summed E-state index contributed by atoms with van der Waals surface area (Å²) in [5.41, 5.74) is 0. The summed E-state index contributed by atoms with van der Waals surface area (Å²) in [5, 5.41) is 9.70. The fourth-order valence-electron chi connectivity index (χ4n) is 4.92. The van der Waals surface area contributed by atoms with Gasteiger partial charge in [-0.15, -0.1) is 0 Å². The van der Waals surface area contributed by atoms with Gasteiger partial charge in [-0.2, -0.15) is 0 Å². The monoisotopic (exact) mass is 387 g/mol. The molecule has 2 saturated heterocycles. The highest BCUT2D eigenvalue weighted by molar-refractivity contribution is 5.79. The Kier molecular flexibility index (Phi) is 6.29. The second kappa shape index (κ2) is 9.07. The number of aliphatic hydroxyl groups excluding tert-OH is 1. The van der Waals surface area contributed by atoms with E-state index in [9.17, 15) is 9.90 Å².